The van der Waals surface area contributed by atoms with Crippen LogP contribution in [-0.4, -0.2) is 49.0 Å². The Morgan fingerprint density at radius 3 is 2.68 bits per heavy atom. The molecule has 1 aliphatic rings. The van der Waals surface area contributed by atoms with Crippen molar-refractivity contribution in [2.24, 2.45) is 0 Å². The van der Waals surface area contributed by atoms with Crippen LogP contribution in [0.25, 0.3) is 0 Å². The van der Waals surface area contributed by atoms with Crippen molar-refractivity contribution in [3.05, 3.63) is 24.3 Å². The predicted molar refractivity (Wildman–Crippen MR) is 74.8 cm³/mol. The molecule has 0 aliphatic carbocycles. The molecule has 0 amide bonds. The number of para-hydroxylation sites is 2. The predicted octanol–water partition coefficient (Wildman–Crippen LogP) is 1.92. The molecular formula is C15H23NO3. The van der Waals surface area contributed by atoms with Crippen molar-refractivity contribution < 1.29 is 14.6 Å². The van der Waals surface area contributed by atoms with Crippen LogP contribution in [0.5, 0.6) is 11.5 Å². The number of aliphatic hydroxyl groups excluding tert-OH is 1. The van der Waals surface area contributed by atoms with E-state index in [1.54, 1.807) is 0 Å². The molecule has 0 bridgehead atoms. The van der Waals surface area contributed by atoms with E-state index >= 15 is 0 Å². The minimum absolute atomic E-state index is 0.246. The summed E-state index contributed by atoms with van der Waals surface area (Å²) in [5, 5.41) is 9.26. The van der Waals surface area contributed by atoms with Crippen molar-refractivity contribution in [1.29, 1.82) is 0 Å². The summed E-state index contributed by atoms with van der Waals surface area (Å²) in [5.41, 5.74) is 0. The topological polar surface area (TPSA) is 41.9 Å². The monoisotopic (exact) mass is 265 g/mol. The number of hydrogen-bond donors (Lipinski definition) is 1. The molecule has 1 aliphatic heterocycles. The fraction of sp³-hybridized carbons (Fsp3) is 0.600. The minimum atomic E-state index is 0.246. The lowest BCUT2D eigenvalue weighted by Crippen LogP contribution is -2.35. The summed E-state index contributed by atoms with van der Waals surface area (Å²) in [7, 11) is 0. The van der Waals surface area contributed by atoms with Gasteiger partial charge < -0.3 is 14.6 Å². The molecule has 4 heteroatoms. The average Bonchev–Trinajstić information content (AvgIpc) is 2.88. The summed E-state index contributed by atoms with van der Waals surface area (Å²) in [6.45, 7) is 5.38. The normalized spacial score (nSPS) is 19.6. The summed E-state index contributed by atoms with van der Waals surface area (Å²) in [4.78, 5) is 2.29. The summed E-state index contributed by atoms with van der Waals surface area (Å²) < 4.78 is 11.3. The van der Waals surface area contributed by atoms with Crippen LogP contribution in [0.3, 0.4) is 0 Å². The second-order valence-electron chi connectivity index (χ2n) is 4.74. The highest BCUT2D eigenvalue weighted by molar-refractivity contribution is 5.39. The Hall–Kier alpha value is -1.26. The van der Waals surface area contributed by atoms with Gasteiger partial charge in [0.25, 0.3) is 0 Å². The fourth-order valence-electron chi connectivity index (χ4n) is 2.51. The van der Waals surface area contributed by atoms with E-state index in [1.807, 2.05) is 31.2 Å². The Morgan fingerprint density at radius 1 is 1.26 bits per heavy atom. The van der Waals surface area contributed by atoms with Crippen molar-refractivity contribution in [2.45, 2.75) is 25.8 Å². The Morgan fingerprint density at radius 2 is 2.00 bits per heavy atom. The van der Waals surface area contributed by atoms with Crippen LogP contribution < -0.4 is 9.47 Å². The van der Waals surface area contributed by atoms with E-state index in [0.717, 1.165) is 31.0 Å². The van der Waals surface area contributed by atoms with E-state index in [4.69, 9.17) is 9.47 Å². The van der Waals surface area contributed by atoms with Crippen molar-refractivity contribution in [1.82, 2.24) is 4.90 Å². The number of aliphatic hydroxyl groups is 1. The first kappa shape index (κ1) is 14.2. The minimum Gasteiger partial charge on any atom is -0.490 e. The molecule has 0 spiro atoms. The number of benzene rings is 1. The van der Waals surface area contributed by atoms with Gasteiger partial charge in [-0.25, -0.2) is 0 Å². The van der Waals surface area contributed by atoms with Crippen LogP contribution in [-0.2, 0) is 0 Å². The first-order valence-electron chi connectivity index (χ1n) is 7.04. The van der Waals surface area contributed by atoms with Gasteiger partial charge in [0.1, 0.15) is 6.61 Å². The fourth-order valence-corrected chi connectivity index (χ4v) is 2.51. The maximum atomic E-state index is 9.26. The van der Waals surface area contributed by atoms with Gasteiger partial charge in [0.05, 0.1) is 13.2 Å². The molecule has 19 heavy (non-hydrogen) atoms. The number of ether oxygens (including phenoxy) is 2. The second kappa shape index (κ2) is 7.36. The molecule has 1 fully saturated rings. The molecule has 1 aromatic rings. The summed E-state index contributed by atoms with van der Waals surface area (Å²) >= 11 is 0. The second-order valence-corrected chi connectivity index (χ2v) is 4.74. The number of nitrogens with zero attached hydrogens (tertiary/aromatic N) is 1. The lowest BCUT2D eigenvalue weighted by atomic mass is 10.2. The van der Waals surface area contributed by atoms with E-state index in [9.17, 15) is 5.11 Å². The zero-order valence-electron chi connectivity index (χ0n) is 11.5. The highest BCUT2D eigenvalue weighted by atomic mass is 16.5. The van der Waals surface area contributed by atoms with Gasteiger partial charge in [-0.2, -0.15) is 0 Å². The van der Waals surface area contributed by atoms with Crippen LogP contribution in [0.1, 0.15) is 19.8 Å². The smallest absolute Gasteiger partial charge is 0.161 e. The lowest BCUT2D eigenvalue weighted by Gasteiger charge is -2.22. The molecule has 2 rings (SSSR count). The quantitative estimate of drug-likeness (QED) is 0.818. The number of likely N-dealkylation sites (tertiary alicyclic amines) is 1. The van der Waals surface area contributed by atoms with Crippen LogP contribution >= 0.6 is 0 Å². The van der Waals surface area contributed by atoms with Crippen molar-refractivity contribution in [3.63, 3.8) is 0 Å². The Bertz CT molecular complexity index is 383. The standard InChI is InChI=1S/C15H23NO3/c1-2-18-14-7-3-4-8-15(14)19-11-10-16-9-5-6-13(16)12-17/h3-4,7-8,13,17H,2,5-6,9-12H2,1H3/t13-/m0/s1. The van der Waals surface area contributed by atoms with Gasteiger partial charge in [-0.05, 0) is 38.4 Å². The Labute approximate surface area is 114 Å². The molecule has 4 nitrogen and oxygen atoms in total. The van der Waals surface area contributed by atoms with E-state index in [-0.39, 0.29) is 6.61 Å². The molecule has 1 saturated heterocycles. The molecular weight excluding hydrogens is 242 g/mol. The first-order valence-corrected chi connectivity index (χ1v) is 7.04. The molecule has 1 heterocycles. The van der Waals surface area contributed by atoms with Crippen LogP contribution in [0, 0.1) is 0 Å². The van der Waals surface area contributed by atoms with E-state index in [0.29, 0.717) is 19.3 Å². The van der Waals surface area contributed by atoms with Gasteiger partial charge in [0.15, 0.2) is 11.5 Å². The highest BCUT2D eigenvalue weighted by Gasteiger charge is 2.23. The lowest BCUT2D eigenvalue weighted by molar-refractivity contribution is 0.138. The van der Waals surface area contributed by atoms with E-state index in [1.165, 1.54) is 6.42 Å². The van der Waals surface area contributed by atoms with Crippen molar-refractivity contribution >= 4 is 0 Å². The molecule has 0 unspecified atom stereocenters. The molecule has 106 valence electrons. The largest absolute Gasteiger partial charge is 0.490 e. The van der Waals surface area contributed by atoms with Crippen molar-refractivity contribution in [3.8, 4) is 11.5 Å². The number of hydrogen-bond acceptors (Lipinski definition) is 4. The molecule has 1 aromatic carbocycles. The highest BCUT2D eigenvalue weighted by Crippen LogP contribution is 2.26. The summed E-state index contributed by atoms with van der Waals surface area (Å²) in [6.07, 6.45) is 2.26. The average molecular weight is 265 g/mol. The zero-order valence-corrected chi connectivity index (χ0v) is 11.5. The van der Waals surface area contributed by atoms with Crippen molar-refractivity contribution in [2.75, 3.05) is 32.9 Å². The van der Waals surface area contributed by atoms with E-state index in [2.05, 4.69) is 4.90 Å². The third kappa shape index (κ3) is 3.85. The zero-order chi connectivity index (χ0) is 13.5. The Balaban J connectivity index is 1.82. The van der Waals surface area contributed by atoms with Crippen LogP contribution in [0.2, 0.25) is 0 Å². The summed E-state index contributed by atoms with van der Waals surface area (Å²) in [6, 6.07) is 8.05. The van der Waals surface area contributed by atoms with Gasteiger partial charge in [-0.3, -0.25) is 4.90 Å². The molecule has 1 N–H and O–H groups in total. The SMILES string of the molecule is CCOc1ccccc1OCCN1CCC[C@H]1CO. The maximum Gasteiger partial charge on any atom is 0.161 e. The third-order valence-corrected chi connectivity index (χ3v) is 3.49. The number of rotatable bonds is 7. The Kier molecular flexibility index (Phi) is 5.48. The first-order chi connectivity index (χ1) is 9.35. The van der Waals surface area contributed by atoms with Crippen LogP contribution in [0.15, 0.2) is 24.3 Å². The molecule has 0 saturated carbocycles. The maximum absolute atomic E-state index is 9.26. The summed E-state index contributed by atoms with van der Waals surface area (Å²) in [5.74, 6) is 1.59. The molecule has 0 aromatic heterocycles. The van der Waals surface area contributed by atoms with Gasteiger partial charge in [0, 0.05) is 12.6 Å². The van der Waals surface area contributed by atoms with Gasteiger partial charge >= 0.3 is 0 Å². The van der Waals surface area contributed by atoms with Gasteiger partial charge in [0.2, 0.25) is 0 Å². The van der Waals surface area contributed by atoms with Crippen LogP contribution in [0.4, 0.5) is 0 Å². The van der Waals surface area contributed by atoms with Gasteiger partial charge in [-0.15, -0.1) is 0 Å². The molecule has 0 radical (unpaired) electrons. The van der Waals surface area contributed by atoms with E-state index < -0.39 is 0 Å². The molecule has 1 atom stereocenters. The third-order valence-electron chi connectivity index (χ3n) is 3.49. The van der Waals surface area contributed by atoms with Gasteiger partial charge in [-0.1, -0.05) is 12.1 Å².